The molecule has 0 bridgehead atoms. The maximum Gasteiger partial charge on any atom is 0.255 e. The van der Waals surface area contributed by atoms with Crippen LogP contribution in [0.15, 0.2) is 47.4 Å². The summed E-state index contributed by atoms with van der Waals surface area (Å²) in [6, 6.07) is 12.4. The Bertz CT molecular complexity index is 1060. The zero-order chi connectivity index (χ0) is 19.8. The van der Waals surface area contributed by atoms with Crippen LogP contribution in [0.5, 0.6) is 5.75 Å². The predicted octanol–water partition coefficient (Wildman–Crippen LogP) is 3.06. The Labute approximate surface area is 170 Å². The van der Waals surface area contributed by atoms with Gasteiger partial charge in [0.1, 0.15) is 11.6 Å². The van der Waals surface area contributed by atoms with E-state index in [0.717, 1.165) is 61.7 Å². The van der Waals surface area contributed by atoms with Gasteiger partial charge in [-0.2, -0.15) is 0 Å². The Hall–Kier alpha value is -2.86. The lowest BCUT2D eigenvalue weighted by atomic mass is 10.1. The highest BCUT2D eigenvalue weighted by Gasteiger charge is 2.29. The van der Waals surface area contributed by atoms with E-state index >= 15 is 0 Å². The van der Waals surface area contributed by atoms with Crippen LogP contribution in [0.1, 0.15) is 47.1 Å². The molecule has 5 rings (SSSR count). The van der Waals surface area contributed by atoms with E-state index in [9.17, 15) is 4.79 Å². The number of H-pyrrole nitrogens is 1. The summed E-state index contributed by atoms with van der Waals surface area (Å²) in [6.07, 6.45) is 5.27. The minimum Gasteiger partial charge on any atom is -0.497 e. The molecule has 0 amide bonds. The highest BCUT2D eigenvalue weighted by atomic mass is 16.5. The van der Waals surface area contributed by atoms with Gasteiger partial charge in [0.05, 0.1) is 18.4 Å². The Morgan fingerprint density at radius 3 is 2.76 bits per heavy atom. The van der Waals surface area contributed by atoms with Crippen LogP contribution in [0.25, 0.3) is 0 Å². The van der Waals surface area contributed by atoms with Crippen LogP contribution in [0, 0.1) is 0 Å². The number of nitrogens with zero attached hydrogens (tertiary/aromatic N) is 3. The third-order valence-corrected chi connectivity index (χ3v) is 5.95. The van der Waals surface area contributed by atoms with E-state index in [-0.39, 0.29) is 5.56 Å². The second-order valence-corrected chi connectivity index (χ2v) is 8.09. The normalized spacial score (nSPS) is 16.6. The Morgan fingerprint density at radius 1 is 1.17 bits per heavy atom. The minimum atomic E-state index is 0.0511. The molecule has 6 heteroatoms. The number of aromatic amines is 1. The zero-order valence-corrected chi connectivity index (χ0v) is 16.7. The van der Waals surface area contributed by atoms with Crippen molar-refractivity contribution in [2.75, 3.05) is 13.7 Å². The van der Waals surface area contributed by atoms with Crippen molar-refractivity contribution in [3.63, 3.8) is 0 Å². The van der Waals surface area contributed by atoms with Crippen LogP contribution in [-0.2, 0) is 26.1 Å². The maximum atomic E-state index is 12.6. The third kappa shape index (κ3) is 3.85. The van der Waals surface area contributed by atoms with E-state index in [1.807, 2.05) is 12.1 Å². The number of benzene rings is 1. The highest BCUT2D eigenvalue weighted by Crippen LogP contribution is 2.37. The number of aromatic nitrogens is 3. The van der Waals surface area contributed by atoms with Crippen LogP contribution in [-0.4, -0.2) is 33.1 Å². The molecule has 6 nitrogen and oxygen atoms in total. The molecule has 1 aliphatic heterocycles. The first-order valence-electron chi connectivity index (χ1n) is 10.3. The van der Waals surface area contributed by atoms with Gasteiger partial charge in [-0.15, -0.1) is 0 Å². The highest BCUT2D eigenvalue weighted by molar-refractivity contribution is 5.28. The Balaban J connectivity index is 1.29. The second-order valence-electron chi connectivity index (χ2n) is 8.09. The molecular formula is C23H26N4O2. The lowest BCUT2D eigenvalue weighted by Gasteiger charge is -2.28. The van der Waals surface area contributed by atoms with Gasteiger partial charge in [0.2, 0.25) is 0 Å². The van der Waals surface area contributed by atoms with Gasteiger partial charge in [-0.1, -0.05) is 12.1 Å². The summed E-state index contributed by atoms with van der Waals surface area (Å²) in [7, 11) is 1.68. The van der Waals surface area contributed by atoms with Crippen molar-refractivity contribution in [3.05, 3.63) is 81.3 Å². The van der Waals surface area contributed by atoms with Gasteiger partial charge in [-0.05, 0) is 42.7 Å². The first-order valence-corrected chi connectivity index (χ1v) is 10.3. The number of nitrogens with one attached hydrogen (secondary N) is 1. The SMILES string of the molecule is COc1ccc(Cn2cccc2CN2CCc3nc(C4CC4)[nH]c(=O)c3C2)cc1. The van der Waals surface area contributed by atoms with Crippen LogP contribution in [0.2, 0.25) is 0 Å². The third-order valence-electron chi connectivity index (χ3n) is 5.95. The molecule has 150 valence electrons. The van der Waals surface area contributed by atoms with Gasteiger partial charge < -0.3 is 14.3 Å². The van der Waals surface area contributed by atoms with Crippen LogP contribution < -0.4 is 10.3 Å². The lowest BCUT2D eigenvalue weighted by Crippen LogP contribution is -2.36. The minimum absolute atomic E-state index is 0.0511. The van der Waals surface area contributed by atoms with E-state index in [1.54, 1.807) is 7.11 Å². The molecule has 3 aromatic rings. The summed E-state index contributed by atoms with van der Waals surface area (Å²) in [5.41, 5.74) is 4.38. The largest absolute Gasteiger partial charge is 0.497 e. The van der Waals surface area contributed by atoms with Crippen LogP contribution in [0.4, 0.5) is 0 Å². The van der Waals surface area contributed by atoms with Crippen molar-refractivity contribution < 1.29 is 4.74 Å². The van der Waals surface area contributed by atoms with Crippen LogP contribution in [0.3, 0.4) is 0 Å². The topological polar surface area (TPSA) is 63.1 Å². The average molecular weight is 390 g/mol. The molecule has 0 radical (unpaired) electrons. The number of ether oxygens (including phenoxy) is 1. The molecule has 0 spiro atoms. The Morgan fingerprint density at radius 2 is 2.00 bits per heavy atom. The molecule has 29 heavy (non-hydrogen) atoms. The first kappa shape index (κ1) is 18.2. The number of rotatable bonds is 6. The van der Waals surface area contributed by atoms with Gasteiger partial charge >= 0.3 is 0 Å². The molecule has 0 saturated heterocycles. The van der Waals surface area contributed by atoms with Crippen molar-refractivity contribution in [1.82, 2.24) is 19.4 Å². The molecule has 0 unspecified atom stereocenters. The van der Waals surface area contributed by atoms with E-state index in [1.165, 1.54) is 11.3 Å². The molecule has 2 aliphatic rings. The molecular weight excluding hydrogens is 364 g/mol. The maximum absolute atomic E-state index is 12.6. The molecule has 2 aromatic heterocycles. The van der Waals surface area contributed by atoms with Crippen molar-refractivity contribution in [2.45, 2.75) is 44.8 Å². The van der Waals surface area contributed by atoms with Crippen molar-refractivity contribution in [2.24, 2.45) is 0 Å². The standard InChI is InChI=1S/C23H26N4O2/c1-29-19-8-4-16(5-9-19)13-27-11-2-3-18(27)14-26-12-10-21-20(15-26)23(28)25-22(24-21)17-6-7-17/h2-5,8-9,11,17H,6-7,10,12-15H2,1H3,(H,24,25,28). The number of hydrogen-bond acceptors (Lipinski definition) is 4. The van der Waals surface area contributed by atoms with E-state index in [4.69, 9.17) is 9.72 Å². The zero-order valence-electron chi connectivity index (χ0n) is 16.7. The molecule has 1 saturated carbocycles. The average Bonchev–Trinajstić information content (AvgIpc) is 3.51. The summed E-state index contributed by atoms with van der Waals surface area (Å²) in [5.74, 6) is 2.25. The summed E-state index contributed by atoms with van der Waals surface area (Å²) in [5, 5.41) is 0. The molecule has 1 aromatic carbocycles. The van der Waals surface area contributed by atoms with E-state index in [2.05, 4.69) is 44.9 Å². The van der Waals surface area contributed by atoms with Crippen molar-refractivity contribution >= 4 is 0 Å². The number of fused-ring (bicyclic) bond motifs is 1. The molecule has 3 heterocycles. The summed E-state index contributed by atoms with van der Waals surface area (Å²) in [6.45, 7) is 3.24. The fraction of sp³-hybridized carbons (Fsp3) is 0.391. The first-order chi connectivity index (χ1) is 14.2. The lowest BCUT2D eigenvalue weighted by molar-refractivity contribution is 0.236. The molecule has 0 atom stereocenters. The second kappa shape index (κ2) is 7.52. The summed E-state index contributed by atoms with van der Waals surface area (Å²) >= 11 is 0. The molecule has 1 aliphatic carbocycles. The van der Waals surface area contributed by atoms with Gasteiger partial charge in [0.25, 0.3) is 5.56 Å². The quantitative estimate of drug-likeness (QED) is 0.703. The summed E-state index contributed by atoms with van der Waals surface area (Å²) < 4.78 is 7.52. The fourth-order valence-electron chi connectivity index (χ4n) is 4.09. The van der Waals surface area contributed by atoms with Gasteiger partial charge in [-0.25, -0.2) is 4.98 Å². The smallest absolute Gasteiger partial charge is 0.255 e. The number of hydrogen-bond donors (Lipinski definition) is 1. The van der Waals surface area contributed by atoms with E-state index < -0.39 is 0 Å². The fourth-order valence-corrected chi connectivity index (χ4v) is 4.09. The van der Waals surface area contributed by atoms with Crippen LogP contribution >= 0.6 is 0 Å². The monoisotopic (exact) mass is 390 g/mol. The number of methoxy groups -OCH3 is 1. The molecule has 1 N–H and O–H groups in total. The van der Waals surface area contributed by atoms with E-state index in [0.29, 0.717) is 12.5 Å². The summed E-state index contributed by atoms with van der Waals surface area (Å²) in [4.78, 5) is 22.7. The van der Waals surface area contributed by atoms with Gasteiger partial charge in [0.15, 0.2) is 0 Å². The van der Waals surface area contributed by atoms with Gasteiger partial charge in [0, 0.05) is 50.4 Å². The predicted molar refractivity (Wildman–Crippen MR) is 111 cm³/mol. The van der Waals surface area contributed by atoms with Crippen molar-refractivity contribution in [3.8, 4) is 5.75 Å². The Kier molecular flexibility index (Phi) is 4.72. The van der Waals surface area contributed by atoms with Crippen molar-refractivity contribution in [1.29, 1.82) is 0 Å². The molecule has 1 fully saturated rings. The van der Waals surface area contributed by atoms with Gasteiger partial charge in [-0.3, -0.25) is 9.69 Å².